The molecule has 0 aromatic heterocycles. The van der Waals surface area contributed by atoms with Crippen molar-refractivity contribution >= 4 is 35.9 Å². The number of esters is 1. The molecule has 0 saturated carbocycles. The van der Waals surface area contributed by atoms with Crippen LogP contribution in [0.15, 0.2) is 23.2 Å². The molecule has 0 radical (unpaired) electrons. The van der Waals surface area contributed by atoms with Crippen molar-refractivity contribution in [1.82, 2.24) is 15.1 Å². The van der Waals surface area contributed by atoms with E-state index in [1.807, 2.05) is 13.8 Å². The van der Waals surface area contributed by atoms with Crippen LogP contribution in [0.1, 0.15) is 38.3 Å². The van der Waals surface area contributed by atoms with Gasteiger partial charge in [0, 0.05) is 25.2 Å². The largest absolute Gasteiger partial charge is 0.466 e. The number of benzene rings is 1. The number of guanidine groups is 1. The molecule has 30 heavy (non-hydrogen) atoms. The molecule has 0 spiro atoms. The second-order valence-corrected chi connectivity index (χ2v) is 7.32. The van der Waals surface area contributed by atoms with E-state index < -0.39 is 17.7 Å². The number of nitrogens with zero attached hydrogens (tertiary/aromatic N) is 3. The number of ether oxygens (including phenoxy) is 1. The van der Waals surface area contributed by atoms with Gasteiger partial charge in [0.1, 0.15) is 11.6 Å². The fourth-order valence-corrected chi connectivity index (χ4v) is 3.53. The van der Waals surface area contributed by atoms with Gasteiger partial charge in [0.2, 0.25) is 0 Å². The molecule has 1 aromatic rings. The highest BCUT2D eigenvalue weighted by molar-refractivity contribution is 14.0. The predicted octanol–water partition coefficient (Wildman–Crippen LogP) is 3.43. The Balaban J connectivity index is 0.00000450. The van der Waals surface area contributed by atoms with E-state index in [4.69, 9.17) is 4.74 Å². The Labute approximate surface area is 195 Å². The van der Waals surface area contributed by atoms with Gasteiger partial charge in [-0.3, -0.25) is 9.79 Å². The third-order valence-electron chi connectivity index (χ3n) is 5.12. The molecule has 1 fully saturated rings. The molecular formula is C21H33F2IN4O2. The highest BCUT2D eigenvalue weighted by atomic mass is 127. The quantitative estimate of drug-likeness (QED) is 0.250. The second kappa shape index (κ2) is 13.0. The Bertz CT molecular complexity index is 690. The summed E-state index contributed by atoms with van der Waals surface area (Å²) in [6.45, 7) is 6.42. The minimum absolute atomic E-state index is 0. The fraction of sp³-hybridized carbons (Fsp3) is 0.619. The number of aliphatic imine (C=N–C) groups is 1. The molecule has 1 heterocycles. The van der Waals surface area contributed by atoms with Gasteiger partial charge in [-0.2, -0.15) is 0 Å². The molecule has 170 valence electrons. The van der Waals surface area contributed by atoms with E-state index in [-0.39, 0.29) is 48.0 Å². The van der Waals surface area contributed by atoms with Crippen molar-refractivity contribution in [3.63, 3.8) is 0 Å². The van der Waals surface area contributed by atoms with Crippen molar-refractivity contribution in [2.45, 2.75) is 32.7 Å². The SMILES string of the molecule is CCNC(=NCC(c1c(F)cccc1F)N(C)C)N1CCC(C(=O)OCC)CC1.I. The fourth-order valence-electron chi connectivity index (χ4n) is 3.53. The van der Waals surface area contributed by atoms with Crippen molar-refractivity contribution in [2.24, 2.45) is 10.9 Å². The van der Waals surface area contributed by atoms with Gasteiger partial charge >= 0.3 is 5.97 Å². The van der Waals surface area contributed by atoms with Gasteiger partial charge in [-0.05, 0) is 52.9 Å². The monoisotopic (exact) mass is 538 g/mol. The van der Waals surface area contributed by atoms with E-state index in [9.17, 15) is 13.6 Å². The summed E-state index contributed by atoms with van der Waals surface area (Å²) in [5.41, 5.74) is 0.0260. The molecule has 1 unspecified atom stereocenters. The Morgan fingerprint density at radius 1 is 1.27 bits per heavy atom. The number of hydrogen-bond acceptors (Lipinski definition) is 4. The normalized spacial score (nSPS) is 16.2. The van der Waals surface area contributed by atoms with Crippen LogP contribution in [-0.2, 0) is 9.53 Å². The zero-order valence-corrected chi connectivity index (χ0v) is 20.5. The Hall–Kier alpha value is -1.49. The summed E-state index contributed by atoms with van der Waals surface area (Å²) in [6.07, 6.45) is 1.39. The summed E-state index contributed by atoms with van der Waals surface area (Å²) in [7, 11) is 3.56. The predicted molar refractivity (Wildman–Crippen MR) is 125 cm³/mol. The third kappa shape index (κ3) is 7.04. The standard InChI is InChI=1S/C21H32F2N4O2.HI/c1-5-24-21(27-12-10-15(11-13-27)20(28)29-6-2)25-14-18(26(3)4)19-16(22)8-7-9-17(19)23;/h7-9,15,18H,5-6,10-14H2,1-4H3,(H,24,25);1H. The van der Waals surface area contributed by atoms with Crippen molar-refractivity contribution < 1.29 is 18.3 Å². The van der Waals surface area contributed by atoms with Crippen LogP contribution >= 0.6 is 24.0 Å². The van der Waals surface area contributed by atoms with Crippen molar-refractivity contribution in [3.05, 3.63) is 35.4 Å². The van der Waals surface area contributed by atoms with Crippen LogP contribution in [0, 0.1) is 17.6 Å². The van der Waals surface area contributed by atoms with E-state index in [1.165, 1.54) is 18.2 Å². The highest BCUT2D eigenvalue weighted by Crippen LogP contribution is 2.25. The lowest BCUT2D eigenvalue weighted by atomic mass is 9.97. The maximum atomic E-state index is 14.3. The number of carbonyl (C=O) groups is 1. The Morgan fingerprint density at radius 2 is 1.87 bits per heavy atom. The van der Waals surface area contributed by atoms with E-state index >= 15 is 0 Å². The average molecular weight is 538 g/mol. The van der Waals surface area contributed by atoms with Crippen molar-refractivity contribution in [3.8, 4) is 0 Å². The van der Waals surface area contributed by atoms with Gasteiger partial charge in [-0.1, -0.05) is 6.07 Å². The smallest absolute Gasteiger partial charge is 0.309 e. The molecule has 1 atom stereocenters. The molecule has 1 aliphatic rings. The number of piperidine rings is 1. The summed E-state index contributed by atoms with van der Waals surface area (Å²) in [6, 6.07) is 3.37. The van der Waals surface area contributed by atoms with Crippen LogP contribution in [-0.4, -0.2) is 68.6 Å². The number of likely N-dealkylation sites (N-methyl/N-ethyl adjacent to an activating group) is 1. The molecule has 0 aliphatic carbocycles. The Morgan fingerprint density at radius 3 is 2.37 bits per heavy atom. The van der Waals surface area contributed by atoms with Gasteiger partial charge in [0.25, 0.3) is 0 Å². The van der Waals surface area contributed by atoms with E-state index in [0.717, 1.165) is 0 Å². The summed E-state index contributed by atoms with van der Waals surface area (Å²) in [5.74, 6) is -0.676. The number of nitrogens with one attached hydrogen (secondary N) is 1. The first-order valence-electron chi connectivity index (χ1n) is 10.2. The zero-order chi connectivity index (χ0) is 21.4. The lowest BCUT2D eigenvalue weighted by Crippen LogP contribution is -2.47. The van der Waals surface area contributed by atoms with E-state index in [1.54, 1.807) is 19.0 Å². The Kier molecular flexibility index (Phi) is 11.5. The molecule has 0 amide bonds. The van der Waals surface area contributed by atoms with Crippen LogP contribution in [0.4, 0.5) is 8.78 Å². The molecule has 1 aromatic carbocycles. The lowest BCUT2D eigenvalue weighted by Gasteiger charge is -2.34. The van der Waals surface area contributed by atoms with Gasteiger partial charge in [0.05, 0.1) is 25.1 Å². The summed E-state index contributed by atoms with van der Waals surface area (Å²) in [4.78, 5) is 20.5. The van der Waals surface area contributed by atoms with Gasteiger partial charge in [-0.25, -0.2) is 8.78 Å². The molecule has 9 heteroatoms. The zero-order valence-electron chi connectivity index (χ0n) is 18.2. The van der Waals surface area contributed by atoms with E-state index in [2.05, 4.69) is 15.2 Å². The lowest BCUT2D eigenvalue weighted by molar-refractivity contribution is -0.149. The first-order valence-corrected chi connectivity index (χ1v) is 10.2. The van der Waals surface area contributed by atoms with Crippen LogP contribution in [0.25, 0.3) is 0 Å². The average Bonchev–Trinajstić information content (AvgIpc) is 2.69. The van der Waals surface area contributed by atoms with E-state index in [0.29, 0.717) is 45.0 Å². The van der Waals surface area contributed by atoms with Gasteiger partial charge < -0.3 is 19.9 Å². The number of carbonyl (C=O) groups excluding carboxylic acids is 1. The van der Waals surface area contributed by atoms with Crippen LogP contribution in [0.2, 0.25) is 0 Å². The van der Waals surface area contributed by atoms with Crippen LogP contribution < -0.4 is 5.32 Å². The minimum atomic E-state index is -0.570. The summed E-state index contributed by atoms with van der Waals surface area (Å²) >= 11 is 0. The van der Waals surface area contributed by atoms with Crippen molar-refractivity contribution in [1.29, 1.82) is 0 Å². The number of hydrogen-bond donors (Lipinski definition) is 1. The molecular weight excluding hydrogens is 505 g/mol. The van der Waals surface area contributed by atoms with Gasteiger partial charge in [-0.15, -0.1) is 24.0 Å². The number of likely N-dealkylation sites (tertiary alicyclic amines) is 1. The molecule has 0 bridgehead atoms. The number of rotatable bonds is 7. The molecule has 6 nitrogen and oxygen atoms in total. The third-order valence-corrected chi connectivity index (χ3v) is 5.12. The van der Waals surface area contributed by atoms with Crippen LogP contribution in [0.3, 0.4) is 0 Å². The second-order valence-electron chi connectivity index (χ2n) is 7.32. The first kappa shape index (κ1) is 26.5. The molecule has 1 saturated heterocycles. The first-order chi connectivity index (χ1) is 13.9. The maximum absolute atomic E-state index is 14.3. The maximum Gasteiger partial charge on any atom is 0.309 e. The summed E-state index contributed by atoms with van der Waals surface area (Å²) < 4.78 is 33.7. The minimum Gasteiger partial charge on any atom is -0.466 e. The summed E-state index contributed by atoms with van der Waals surface area (Å²) in [5, 5.41) is 3.25. The number of halogens is 3. The van der Waals surface area contributed by atoms with Gasteiger partial charge in [0.15, 0.2) is 5.96 Å². The topological polar surface area (TPSA) is 57.2 Å². The van der Waals surface area contributed by atoms with Crippen LogP contribution in [0.5, 0.6) is 0 Å². The highest BCUT2D eigenvalue weighted by Gasteiger charge is 2.28. The molecule has 1 aliphatic heterocycles. The molecule has 2 rings (SSSR count). The van der Waals surface area contributed by atoms with Crippen molar-refractivity contribution in [2.75, 3.05) is 46.9 Å². The molecule has 1 N–H and O–H groups in total.